The minimum Gasteiger partial charge on any atom is -0.297 e. The van der Waals surface area contributed by atoms with Gasteiger partial charge in [-0.1, -0.05) is 0 Å². The summed E-state index contributed by atoms with van der Waals surface area (Å²) in [5.74, 6) is 5.34. The average Bonchev–Trinajstić information content (AvgIpc) is 1.77. The number of nitrogens with zero attached hydrogens (tertiary/aromatic N) is 2. The Hall–Kier alpha value is -0.830. The molecular weight excluding hydrogens is 102 g/mol. The largest absolute Gasteiger partial charge is 0.297 e. The molecule has 0 saturated carbocycles. The Bertz CT molecular complexity index is 137. The van der Waals surface area contributed by atoms with Crippen molar-refractivity contribution in [3.63, 3.8) is 0 Å². The van der Waals surface area contributed by atoms with Crippen molar-refractivity contribution in [3.05, 3.63) is 12.3 Å². The summed E-state index contributed by atoms with van der Waals surface area (Å²) in [6, 6.07) is 0. The van der Waals surface area contributed by atoms with Gasteiger partial charge in [-0.2, -0.15) is 0 Å². The van der Waals surface area contributed by atoms with Crippen LogP contribution in [0.2, 0.25) is 0 Å². The molecule has 44 valence electrons. The van der Waals surface area contributed by atoms with Crippen LogP contribution in [0.4, 0.5) is 0 Å². The van der Waals surface area contributed by atoms with E-state index in [1.165, 1.54) is 5.01 Å². The van der Waals surface area contributed by atoms with Crippen LogP contribution in [0.25, 0.3) is 0 Å². The molecular formula is C5H9N3. The highest BCUT2D eigenvalue weighted by atomic mass is 15.4. The Morgan fingerprint density at radius 3 is 3.00 bits per heavy atom. The fourth-order valence-corrected chi connectivity index (χ4v) is 0.497. The van der Waals surface area contributed by atoms with Crippen molar-refractivity contribution in [2.75, 3.05) is 6.67 Å². The van der Waals surface area contributed by atoms with Gasteiger partial charge in [-0.05, 0) is 13.0 Å². The van der Waals surface area contributed by atoms with E-state index in [1.54, 1.807) is 0 Å². The van der Waals surface area contributed by atoms with Crippen LogP contribution in [0.1, 0.15) is 6.92 Å². The monoisotopic (exact) mass is 111 g/mol. The van der Waals surface area contributed by atoms with E-state index in [-0.39, 0.29) is 0 Å². The summed E-state index contributed by atoms with van der Waals surface area (Å²) in [6.45, 7) is 2.53. The van der Waals surface area contributed by atoms with Crippen LogP contribution in [0, 0.1) is 0 Å². The Balaban J connectivity index is 2.58. The minimum absolute atomic E-state index is 0.586. The van der Waals surface area contributed by atoms with Crippen LogP contribution in [-0.2, 0) is 0 Å². The van der Waals surface area contributed by atoms with Crippen molar-refractivity contribution >= 4 is 5.71 Å². The van der Waals surface area contributed by atoms with Crippen molar-refractivity contribution < 1.29 is 0 Å². The van der Waals surface area contributed by atoms with E-state index in [9.17, 15) is 0 Å². The van der Waals surface area contributed by atoms with E-state index < -0.39 is 0 Å². The van der Waals surface area contributed by atoms with Gasteiger partial charge in [-0.25, -0.2) is 5.84 Å². The Morgan fingerprint density at radius 2 is 2.62 bits per heavy atom. The molecule has 1 aliphatic rings. The number of hydrazine groups is 1. The molecule has 0 radical (unpaired) electrons. The second kappa shape index (κ2) is 1.96. The highest BCUT2D eigenvalue weighted by Crippen LogP contribution is 1.91. The molecule has 0 aromatic carbocycles. The molecule has 0 amide bonds. The molecule has 2 N–H and O–H groups in total. The van der Waals surface area contributed by atoms with E-state index in [4.69, 9.17) is 5.84 Å². The summed E-state index contributed by atoms with van der Waals surface area (Å²) >= 11 is 0. The standard InChI is InChI=1S/C5H9N3/c1-5-2-3-8(6)4-7-5/h2-3H,4,6H2,1H3. The molecule has 0 unspecified atom stereocenters. The van der Waals surface area contributed by atoms with Gasteiger partial charge in [0.05, 0.1) is 0 Å². The van der Waals surface area contributed by atoms with Gasteiger partial charge in [-0.3, -0.25) is 10.0 Å². The number of allylic oxidation sites excluding steroid dienone is 1. The van der Waals surface area contributed by atoms with Gasteiger partial charge in [0.1, 0.15) is 6.67 Å². The molecule has 1 aliphatic heterocycles. The third-order valence-corrected chi connectivity index (χ3v) is 0.991. The molecule has 1 rings (SSSR count). The van der Waals surface area contributed by atoms with Gasteiger partial charge >= 0.3 is 0 Å². The Kier molecular flexibility index (Phi) is 1.30. The van der Waals surface area contributed by atoms with Crippen molar-refractivity contribution in [1.82, 2.24) is 5.01 Å². The van der Waals surface area contributed by atoms with Crippen molar-refractivity contribution in [2.45, 2.75) is 6.92 Å². The summed E-state index contributed by atoms with van der Waals surface area (Å²) < 4.78 is 0. The van der Waals surface area contributed by atoms with Gasteiger partial charge in [-0.15, -0.1) is 0 Å². The van der Waals surface area contributed by atoms with Gasteiger partial charge in [0, 0.05) is 11.9 Å². The highest BCUT2D eigenvalue weighted by molar-refractivity contribution is 5.93. The highest BCUT2D eigenvalue weighted by Gasteiger charge is 1.94. The van der Waals surface area contributed by atoms with Crippen LogP contribution in [0.15, 0.2) is 17.3 Å². The number of rotatable bonds is 0. The summed E-state index contributed by atoms with van der Waals surface area (Å²) in [5.41, 5.74) is 1.03. The third-order valence-electron chi connectivity index (χ3n) is 0.991. The maximum absolute atomic E-state index is 5.34. The lowest BCUT2D eigenvalue weighted by Crippen LogP contribution is -2.27. The molecule has 1 heterocycles. The van der Waals surface area contributed by atoms with Crippen LogP contribution >= 0.6 is 0 Å². The van der Waals surface area contributed by atoms with Gasteiger partial charge in [0.15, 0.2) is 0 Å². The molecule has 0 saturated heterocycles. The lowest BCUT2D eigenvalue weighted by Gasteiger charge is -2.13. The quantitative estimate of drug-likeness (QED) is 0.451. The molecule has 0 fully saturated rings. The fraction of sp³-hybridized carbons (Fsp3) is 0.400. The van der Waals surface area contributed by atoms with E-state index >= 15 is 0 Å². The second-order valence-electron chi connectivity index (χ2n) is 1.77. The summed E-state index contributed by atoms with van der Waals surface area (Å²) in [4.78, 5) is 4.04. The van der Waals surface area contributed by atoms with Gasteiger partial charge in [0.2, 0.25) is 0 Å². The maximum atomic E-state index is 5.34. The third kappa shape index (κ3) is 1.07. The van der Waals surface area contributed by atoms with Crippen molar-refractivity contribution in [2.24, 2.45) is 10.8 Å². The van der Waals surface area contributed by atoms with Gasteiger partial charge in [0.25, 0.3) is 0 Å². The lowest BCUT2D eigenvalue weighted by molar-refractivity contribution is 0.404. The molecule has 0 aromatic rings. The predicted molar refractivity (Wildman–Crippen MR) is 33.1 cm³/mol. The van der Waals surface area contributed by atoms with Gasteiger partial charge < -0.3 is 0 Å². The fourth-order valence-electron chi connectivity index (χ4n) is 0.497. The van der Waals surface area contributed by atoms with Crippen LogP contribution < -0.4 is 5.84 Å². The Labute approximate surface area is 48.5 Å². The average molecular weight is 111 g/mol. The number of nitrogens with two attached hydrogens (primary N) is 1. The predicted octanol–water partition coefficient (Wildman–Crippen LogP) is 0.108. The lowest BCUT2D eigenvalue weighted by atomic mass is 10.4. The van der Waals surface area contributed by atoms with E-state index in [1.807, 2.05) is 19.2 Å². The first kappa shape index (κ1) is 5.31. The van der Waals surface area contributed by atoms with Crippen LogP contribution in [0.5, 0.6) is 0 Å². The molecule has 0 aromatic heterocycles. The Morgan fingerprint density at radius 1 is 1.88 bits per heavy atom. The summed E-state index contributed by atoms with van der Waals surface area (Å²) in [5, 5.41) is 1.53. The summed E-state index contributed by atoms with van der Waals surface area (Å²) in [6.07, 6.45) is 3.69. The normalized spacial score (nSPS) is 18.8. The molecule has 0 aliphatic carbocycles. The van der Waals surface area contributed by atoms with Crippen LogP contribution in [-0.4, -0.2) is 17.4 Å². The first-order chi connectivity index (χ1) is 3.79. The first-order valence-corrected chi connectivity index (χ1v) is 2.49. The first-order valence-electron chi connectivity index (χ1n) is 2.49. The SMILES string of the molecule is CC1=NCN(N)C=C1. The van der Waals surface area contributed by atoms with Crippen molar-refractivity contribution in [1.29, 1.82) is 0 Å². The zero-order valence-electron chi connectivity index (χ0n) is 4.83. The zero-order valence-corrected chi connectivity index (χ0v) is 4.83. The van der Waals surface area contributed by atoms with Crippen molar-refractivity contribution in [3.8, 4) is 0 Å². The number of aliphatic imine (C=N–C) groups is 1. The molecule has 3 heteroatoms. The topological polar surface area (TPSA) is 41.6 Å². The van der Waals surface area contributed by atoms with E-state index in [2.05, 4.69) is 4.99 Å². The smallest absolute Gasteiger partial charge is 0.124 e. The molecule has 8 heavy (non-hydrogen) atoms. The minimum atomic E-state index is 0.586. The number of hydrogen-bond donors (Lipinski definition) is 1. The van der Waals surface area contributed by atoms with E-state index in [0.29, 0.717) is 6.67 Å². The molecule has 0 spiro atoms. The molecule has 3 nitrogen and oxygen atoms in total. The zero-order chi connectivity index (χ0) is 5.98. The second-order valence-corrected chi connectivity index (χ2v) is 1.77. The summed E-state index contributed by atoms with van der Waals surface area (Å²) in [7, 11) is 0. The number of hydrogen-bond acceptors (Lipinski definition) is 3. The van der Waals surface area contributed by atoms with Crippen LogP contribution in [0.3, 0.4) is 0 Å². The maximum Gasteiger partial charge on any atom is 0.124 e. The van der Waals surface area contributed by atoms with E-state index in [0.717, 1.165) is 5.71 Å². The molecule has 0 atom stereocenters. The molecule has 0 bridgehead atoms.